The third-order valence-electron chi connectivity index (χ3n) is 7.58. The van der Waals surface area contributed by atoms with Crippen LogP contribution in [0.2, 0.25) is 0 Å². The largest absolute Gasteiger partial charge is 0.872 e. The number of likely N-dealkylation sites (tertiary alicyclic amines) is 1. The molecule has 0 saturated carbocycles. The molecule has 1 fully saturated rings. The Kier molecular flexibility index (Phi) is 7.05. The van der Waals surface area contributed by atoms with E-state index in [9.17, 15) is 14.7 Å². The van der Waals surface area contributed by atoms with Gasteiger partial charge in [0.2, 0.25) is 11.2 Å². The zero-order valence-corrected chi connectivity index (χ0v) is 22.5. The summed E-state index contributed by atoms with van der Waals surface area (Å²) in [6, 6.07) is 9.95. The summed E-state index contributed by atoms with van der Waals surface area (Å²) in [5, 5.41) is 14.3. The second-order valence-corrected chi connectivity index (χ2v) is 10.9. The van der Waals surface area contributed by atoms with E-state index in [0.717, 1.165) is 23.1 Å². The average molecular weight is 521 g/mol. The van der Waals surface area contributed by atoms with E-state index >= 15 is 0 Å². The predicted molar refractivity (Wildman–Crippen MR) is 143 cm³/mol. The Morgan fingerprint density at radius 3 is 2.62 bits per heavy atom. The van der Waals surface area contributed by atoms with Crippen LogP contribution in [0.1, 0.15) is 68.6 Å². The van der Waals surface area contributed by atoms with Gasteiger partial charge >= 0.3 is 5.97 Å². The zero-order valence-electron chi connectivity index (χ0n) is 21.7. The van der Waals surface area contributed by atoms with Crippen LogP contribution < -0.4 is 15.4 Å². The Bertz CT molecular complexity index is 1500. The number of ether oxygens (including phenoxy) is 1. The molecule has 2 unspecified atom stereocenters. The van der Waals surface area contributed by atoms with Crippen LogP contribution in [0, 0.1) is 0 Å². The minimum atomic E-state index is -0.735. The Balaban J connectivity index is 1.79. The number of nitrogens with one attached hydrogen (secondary N) is 1. The van der Waals surface area contributed by atoms with Crippen molar-refractivity contribution in [1.82, 2.24) is 4.98 Å². The third kappa shape index (κ3) is 4.53. The molecule has 3 heterocycles. The van der Waals surface area contributed by atoms with E-state index in [-0.39, 0.29) is 34.7 Å². The first kappa shape index (κ1) is 25.4. The number of carbonyl (C=O) groups is 1. The predicted octanol–water partition coefficient (Wildman–Crippen LogP) is 4.23. The normalized spacial score (nSPS) is 19.9. The number of quaternary nitrogens is 1. The first-order valence-electron chi connectivity index (χ1n) is 13.0. The average Bonchev–Trinajstić information content (AvgIpc) is 3.31. The van der Waals surface area contributed by atoms with Crippen LogP contribution in [0.4, 0.5) is 0 Å². The monoisotopic (exact) mass is 520 g/mol. The van der Waals surface area contributed by atoms with Gasteiger partial charge in [0.1, 0.15) is 22.7 Å². The molecule has 4 aromatic rings. The first-order chi connectivity index (χ1) is 17.8. The lowest BCUT2D eigenvalue weighted by Gasteiger charge is -2.37. The minimum Gasteiger partial charge on any atom is -0.872 e. The number of hydrogen-bond acceptors (Lipinski definition) is 7. The fourth-order valence-electron chi connectivity index (χ4n) is 5.52. The number of aromatic nitrogens is 1. The number of rotatable bonds is 6. The maximum atomic E-state index is 14.1. The van der Waals surface area contributed by atoms with Crippen molar-refractivity contribution in [2.24, 2.45) is 0 Å². The summed E-state index contributed by atoms with van der Waals surface area (Å²) >= 11 is 1.32. The van der Waals surface area contributed by atoms with Crippen molar-refractivity contribution in [2.75, 3.05) is 6.61 Å². The number of fused-ring (bicyclic) bond motifs is 2. The number of carbonyl (C=O) groups excluding carboxylic acids is 1. The fourth-order valence-corrected chi connectivity index (χ4v) is 6.52. The van der Waals surface area contributed by atoms with Crippen molar-refractivity contribution in [3.05, 3.63) is 57.4 Å². The number of thiazole rings is 1. The van der Waals surface area contributed by atoms with Gasteiger partial charge in [-0.25, -0.2) is 9.78 Å². The second-order valence-electron chi connectivity index (χ2n) is 9.90. The van der Waals surface area contributed by atoms with Crippen LogP contribution >= 0.6 is 11.3 Å². The van der Waals surface area contributed by atoms with Crippen molar-refractivity contribution < 1.29 is 24.0 Å². The lowest BCUT2D eigenvalue weighted by molar-refractivity contribution is -0.964. The van der Waals surface area contributed by atoms with Gasteiger partial charge in [-0.2, -0.15) is 0 Å². The van der Waals surface area contributed by atoms with E-state index in [0.29, 0.717) is 46.6 Å². The van der Waals surface area contributed by atoms with Crippen LogP contribution in [-0.4, -0.2) is 29.6 Å². The number of para-hydroxylation sites is 1. The molecule has 1 aliphatic heterocycles. The van der Waals surface area contributed by atoms with E-state index in [1.807, 2.05) is 31.2 Å². The molecular formula is C29H32N2O5S. The van der Waals surface area contributed by atoms with Gasteiger partial charge in [0.05, 0.1) is 34.3 Å². The van der Waals surface area contributed by atoms with Crippen LogP contribution in [0.3, 0.4) is 0 Å². The van der Waals surface area contributed by atoms with Gasteiger partial charge in [-0.3, -0.25) is 4.79 Å². The summed E-state index contributed by atoms with van der Waals surface area (Å²) in [6.07, 6.45) is 3.83. The standard InChI is InChI=1S/C29H32N2O5S/c1-5-18-14-19-25(33)23(28-30-21-12-7-8-13-22(21)37-28)27(29(34)35-6-2)36-26(19)20(24(18)32)15-31-16(3)10-9-11-17(31)4/h7-8,12-14,16-17,32H,5-6,9-11,15H2,1-4H3. The van der Waals surface area contributed by atoms with Gasteiger partial charge in [0.25, 0.3) is 0 Å². The number of nitrogens with zero attached hydrogens (tertiary/aromatic N) is 1. The number of benzene rings is 2. The van der Waals surface area contributed by atoms with E-state index in [1.54, 1.807) is 13.0 Å². The van der Waals surface area contributed by atoms with Gasteiger partial charge < -0.3 is 19.2 Å². The number of esters is 1. The summed E-state index contributed by atoms with van der Waals surface area (Å²) in [4.78, 5) is 33.1. The molecule has 2 aromatic carbocycles. The maximum absolute atomic E-state index is 14.1. The Labute approximate surface area is 219 Å². The fraction of sp³-hybridized carbons (Fsp3) is 0.414. The summed E-state index contributed by atoms with van der Waals surface area (Å²) in [7, 11) is 0. The molecule has 194 valence electrons. The molecule has 37 heavy (non-hydrogen) atoms. The summed E-state index contributed by atoms with van der Waals surface area (Å²) < 4.78 is 12.4. The molecule has 1 N–H and O–H groups in total. The number of hydrogen-bond donors (Lipinski definition) is 1. The molecule has 0 aliphatic carbocycles. The molecule has 0 bridgehead atoms. The molecule has 2 atom stereocenters. The first-order valence-corrected chi connectivity index (χ1v) is 13.9. The maximum Gasteiger partial charge on any atom is 0.375 e. The molecular weight excluding hydrogens is 488 g/mol. The quantitative estimate of drug-likeness (QED) is 0.382. The highest BCUT2D eigenvalue weighted by atomic mass is 32.1. The van der Waals surface area contributed by atoms with Crippen LogP contribution in [-0.2, 0) is 17.7 Å². The highest BCUT2D eigenvalue weighted by molar-refractivity contribution is 7.21. The van der Waals surface area contributed by atoms with E-state index in [2.05, 4.69) is 18.8 Å². The Morgan fingerprint density at radius 1 is 1.22 bits per heavy atom. The molecule has 1 saturated heterocycles. The zero-order chi connectivity index (χ0) is 26.3. The summed E-state index contributed by atoms with van der Waals surface area (Å²) in [5.41, 5.74) is 1.69. The molecule has 0 radical (unpaired) electrons. The molecule has 5 rings (SSSR count). The third-order valence-corrected chi connectivity index (χ3v) is 8.63. The lowest BCUT2D eigenvalue weighted by atomic mass is 9.95. The highest BCUT2D eigenvalue weighted by Crippen LogP contribution is 2.35. The van der Waals surface area contributed by atoms with E-state index in [1.165, 1.54) is 22.7 Å². The minimum absolute atomic E-state index is 0.0888. The Hall–Kier alpha value is -3.23. The van der Waals surface area contributed by atoms with Crippen LogP contribution in [0.15, 0.2) is 39.5 Å². The second kappa shape index (κ2) is 10.3. The molecule has 8 heteroatoms. The highest BCUT2D eigenvalue weighted by Gasteiger charge is 2.32. The smallest absolute Gasteiger partial charge is 0.375 e. The summed E-state index contributed by atoms with van der Waals surface area (Å²) in [5.74, 6) is -1.04. The Morgan fingerprint density at radius 2 is 1.95 bits per heavy atom. The SMILES string of the molecule is CCOC(=O)c1oc2c(C[NH+]3C(C)CCCC3C)c([O-])c(CC)cc2c(=O)c1-c1nc2ccccc2s1. The van der Waals surface area contributed by atoms with Crippen LogP contribution in [0.5, 0.6) is 5.75 Å². The van der Waals surface area contributed by atoms with Crippen molar-refractivity contribution in [2.45, 2.75) is 72.0 Å². The molecule has 1 aliphatic rings. The number of piperidine rings is 1. The van der Waals surface area contributed by atoms with Gasteiger partial charge in [0.15, 0.2) is 0 Å². The van der Waals surface area contributed by atoms with Crippen molar-refractivity contribution >= 4 is 38.5 Å². The van der Waals surface area contributed by atoms with Crippen molar-refractivity contribution in [3.63, 3.8) is 0 Å². The molecule has 2 aromatic heterocycles. The van der Waals surface area contributed by atoms with Gasteiger partial charge in [0, 0.05) is 5.56 Å². The number of aryl methyl sites for hydroxylation is 1. The molecule has 0 amide bonds. The van der Waals surface area contributed by atoms with Gasteiger partial charge in [-0.05, 0) is 64.7 Å². The topological polar surface area (TPSA) is 96.9 Å². The summed E-state index contributed by atoms with van der Waals surface area (Å²) in [6.45, 7) is 8.58. The van der Waals surface area contributed by atoms with Crippen molar-refractivity contribution in [1.29, 1.82) is 0 Å². The van der Waals surface area contributed by atoms with Gasteiger partial charge in [-0.15, -0.1) is 11.3 Å². The van der Waals surface area contributed by atoms with E-state index in [4.69, 9.17) is 9.15 Å². The van der Waals surface area contributed by atoms with E-state index < -0.39 is 5.97 Å². The van der Waals surface area contributed by atoms with Crippen molar-refractivity contribution in [3.8, 4) is 16.3 Å². The molecule has 7 nitrogen and oxygen atoms in total. The lowest BCUT2D eigenvalue weighted by Crippen LogP contribution is -3.18. The molecule has 0 spiro atoms. The van der Waals surface area contributed by atoms with Crippen LogP contribution in [0.25, 0.3) is 31.8 Å². The van der Waals surface area contributed by atoms with Gasteiger partial charge in [-0.1, -0.05) is 30.4 Å².